The molecule has 0 aromatic carbocycles. The van der Waals surface area contributed by atoms with E-state index in [0.29, 0.717) is 17.3 Å². The number of carbonyl (C=O) groups is 1. The van der Waals surface area contributed by atoms with E-state index < -0.39 is 0 Å². The summed E-state index contributed by atoms with van der Waals surface area (Å²) in [7, 11) is 3.09. The van der Waals surface area contributed by atoms with E-state index in [4.69, 9.17) is 4.74 Å². The van der Waals surface area contributed by atoms with Gasteiger partial charge in [0.25, 0.3) is 5.91 Å². The number of methoxy groups -OCH3 is 1. The highest BCUT2D eigenvalue weighted by Gasteiger charge is 2.18. The lowest BCUT2D eigenvalue weighted by Gasteiger charge is -2.14. The second-order valence-electron chi connectivity index (χ2n) is 5.43. The first-order chi connectivity index (χ1) is 11.5. The Balaban J connectivity index is 0.00000312. The van der Waals surface area contributed by atoms with Crippen molar-refractivity contribution in [1.82, 2.24) is 25.5 Å². The second kappa shape index (κ2) is 7.67. The molecule has 1 amide bonds. The maximum Gasteiger partial charge on any atom is 0.318 e. The smallest absolute Gasteiger partial charge is 0.318 e. The maximum atomic E-state index is 12.0. The molecule has 8 heteroatoms. The molecule has 132 valence electrons. The number of nitrogens with zero attached hydrogens (tertiary/aromatic N) is 4. The van der Waals surface area contributed by atoms with Crippen LogP contribution in [0.25, 0.3) is 0 Å². The molecule has 0 aliphatic rings. The van der Waals surface area contributed by atoms with Crippen LogP contribution in [0.4, 0.5) is 11.6 Å². The lowest BCUT2D eigenvalue weighted by molar-refractivity contribution is 0.0955. The Hall–Kier alpha value is -2.77. The van der Waals surface area contributed by atoms with Crippen LogP contribution < -0.4 is 15.4 Å². The van der Waals surface area contributed by atoms with Crippen LogP contribution in [0.5, 0.6) is 6.01 Å². The Morgan fingerprint density at radius 2 is 2.04 bits per heavy atom. The van der Waals surface area contributed by atoms with E-state index in [0.717, 1.165) is 17.7 Å². The minimum atomic E-state index is -0.246. The predicted molar refractivity (Wildman–Crippen MR) is 95.0 cm³/mol. The molecule has 2 N–H and O–H groups in total. The van der Waals surface area contributed by atoms with Crippen molar-refractivity contribution in [3.8, 4) is 6.01 Å². The summed E-state index contributed by atoms with van der Waals surface area (Å²) < 4.78 is 5.07. The summed E-state index contributed by atoms with van der Waals surface area (Å²) in [6.07, 6.45) is 0.884. The van der Waals surface area contributed by atoms with Crippen molar-refractivity contribution in [2.24, 2.45) is 0 Å². The standard InChI is InChI=1S/C16H22N6O2.2H2/c1-6-9(2)11-8-13(21-22-14(11)15(23)17-4)19-12-7-10(3)18-16(20-12)24-5;;/h7-9H,6H2,1-5H3,(H,17,23)(H,18,19,20,21);2*1H. The van der Waals surface area contributed by atoms with Gasteiger partial charge in [-0.25, -0.2) is 4.98 Å². The number of amides is 1. The Morgan fingerprint density at radius 1 is 1.29 bits per heavy atom. The fourth-order valence-electron chi connectivity index (χ4n) is 2.19. The third kappa shape index (κ3) is 3.95. The van der Waals surface area contributed by atoms with Gasteiger partial charge in [-0.3, -0.25) is 4.79 Å². The van der Waals surface area contributed by atoms with Crippen LogP contribution in [-0.2, 0) is 0 Å². The molecular formula is C16H26N6O2. The summed E-state index contributed by atoms with van der Waals surface area (Å²) in [6, 6.07) is 3.88. The van der Waals surface area contributed by atoms with Gasteiger partial charge in [0, 0.05) is 21.7 Å². The van der Waals surface area contributed by atoms with Gasteiger partial charge in [-0.2, -0.15) is 4.98 Å². The molecule has 0 radical (unpaired) electrons. The molecule has 1 unspecified atom stereocenters. The van der Waals surface area contributed by atoms with E-state index >= 15 is 0 Å². The van der Waals surface area contributed by atoms with Crippen LogP contribution in [0.3, 0.4) is 0 Å². The SMILES string of the molecule is CCC(C)c1cc(Nc2cc(C)nc(OC)n2)nnc1C(=O)NC.[HH].[HH]. The quantitative estimate of drug-likeness (QED) is 0.837. The average molecular weight is 334 g/mol. The topological polar surface area (TPSA) is 102 Å². The maximum absolute atomic E-state index is 12.0. The third-order valence-electron chi connectivity index (χ3n) is 3.68. The van der Waals surface area contributed by atoms with E-state index in [9.17, 15) is 4.79 Å². The fourth-order valence-corrected chi connectivity index (χ4v) is 2.19. The van der Waals surface area contributed by atoms with Gasteiger partial charge < -0.3 is 15.4 Å². The molecule has 0 saturated carbocycles. The first kappa shape index (κ1) is 17.6. The number of hydrogen-bond acceptors (Lipinski definition) is 7. The number of ether oxygens (including phenoxy) is 1. The van der Waals surface area contributed by atoms with E-state index in [1.165, 1.54) is 7.11 Å². The Bertz CT molecular complexity index is 745. The number of anilines is 2. The lowest BCUT2D eigenvalue weighted by atomic mass is 9.97. The van der Waals surface area contributed by atoms with Gasteiger partial charge in [-0.1, -0.05) is 13.8 Å². The van der Waals surface area contributed by atoms with Crippen molar-refractivity contribution >= 4 is 17.5 Å². The van der Waals surface area contributed by atoms with Crippen LogP contribution in [0.2, 0.25) is 0 Å². The van der Waals surface area contributed by atoms with E-state index in [1.807, 2.05) is 19.9 Å². The number of aromatic nitrogens is 4. The van der Waals surface area contributed by atoms with E-state index in [1.54, 1.807) is 13.1 Å². The summed E-state index contributed by atoms with van der Waals surface area (Å²) >= 11 is 0. The zero-order valence-corrected chi connectivity index (χ0v) is 14.5. The Morgan fingerprint density at radius 3 is 2.67 bits per heavy atom. The Kier molecular flexibility index (Phi) is 5.62. The molecule has 0 bridgehead atoms. The van der Waals surface area contributed by atoms with Gasteiger partial charge in [0.2, 0.25) is 0 Å². The third-order valence-corrected chi connectivity index (χ3v) is 3.68. The molecule has 2 heterocycles. The van der Waals surface area contributed by atoms with Crippen LogP contribution in [0, 0.1) is 6.92 Å². The van der Waals surface area contributed by atoms with Crippen LogP contribution in [-0.4, -0.2) is 40.2 Å². The summed E-state index contributed by atoms with van der Waals surface area (Å²) in [6.45, 7) is 5.95. The molecule has 0 aliphatic heterocycles. The largest absolute Gasteiger partial charge is 0.467 e. The molecule has 0 spiro atoms. The molecule has 2 aromatic rings. The average Bonchev–Trinajstić information content (AvgIpc) is 2.59. The van der Waals surface area contributed by atoms with E-state index in [2.05, 4.69) is 37.7 Å². The molecule has 1 atom stereocenters. The van der Waals surface area contributed by atoms with Crippen molar-refractivity contribution in [2.75, 3.05) is 19.5 Å². The molecule has 24 heavy (non-hydrogen) atoms. The normalized spacial score (nSPS) is 11.7. The molecule has 0 fully saturated rings. The van der Waals surface area contributed by atoms with Crippen molar-refractivity contribution in [1.29, 1.82) is 0 Å². The number of rotatable bonds is 6. The molecule has 0 aliphatic carbocycles. The molecule has 2 aromatic heterocycles. The van der Waals surface area contributed by atoms with Crippen molar-refractivity contribution in [3.05, 3.63) is 29.1 Å². The van der Waals surface area contributed by atoms with Gasteiger partial charge in [0.15, 0.2) is 11.5 Å². The first-order valence-electron chi connectivity index (χ1n) is 7.74. The van der Waals surface area contributed by atoms with Crippen LogP contribution in [0.1, 0.15) is 50.8 Å². The highest BCUT2D eigenvalue weighted by molar-refractivity contribution is 5.93. The monoisotopic (exact) mass is 334 g/mol. The number of hydrogen-bond donors (Lipinski definition) is 2. The van der Waals surface area contributed by atoms with Gasteiger partial charge in [-0.05, 0) is 30.9 Å². The van der Waals surface area contributed by atoms with Gasteiger partial charge in [0.05, 0.1) is 7.11 Å². The zero-order valence-electron chi connectivity index (χ0n) is 14.5. The molecular weight excluding hydrogens is 308 g/mol. The number of aryl methyl sites for hydroxylation is 1. The van der Waals surface area contributed by atoms with Crippen molar-refractivity contribution in [3.63, 3.8) is 0 Å². The minimum Gasteiger partial charge on any atom is -0.467 e. The first-order valence-corrected chi connectivity index (χ1v) is 7.74. The zero-order chi connectivity index (χ0) is 17.7. The van der Waals surface area contributed by atoms with Crippen LogP contribution >= 0.6 is 0 Å². The van der Waals surface area contributed by atoms with Gasteiger partial charge in [-0.15, -0.1) is 10.2 Å². The van der Waals surface area contributed by atoms with Gasteiger partial charge >= 0.3 is 6.01 Å². The molecule has 0 saturated heterocycles. The highest BCUT2D eigenvalue weighted by atomic mass is 16.5. The highest BCUT2D eigenvalue weighted by Crippen LogP contribution is 2.25. The molecule has 2 rings (SSSR count). The van der Waals surface area contributed by atoms with Gasteiger partial charge in [0.1, 0.15) is 5.82 Å². The second-order valence-corrected chi connectivity index (χ2v) is 5.43. The predicted octanol–water partition coefficient (Wildman–Crippen LogP) is 2.69. The summed E-state index contributed by atoms with van der Waals surface area (Å²) in [4.78, 5) is 20.3. The van der Waals surface area contributed by atoms with Crippen molar-refractivity contribution in [2.45, 2.75) is 33.1 Å². The van der Waals surface area contributed by atoms with Crippen LogP contribution in [0.15, 0.2) is 12.1 Å². The summed E-state index contributed by atoms with van der Waals surface area (Å²) in [5.41, 5.74) is 1.95. The fraction of sp³-hybridized carbons (Fsp3) is 0.438. The number of nitrogens with one attached hydrogen (secondary N) is 2. The summed E-state index contributed by atoms with van der Waals surface area (Å²) in [5, 5.41) is 13.8. The Labute approximate surface area is 144 Å². The van der Waals surface area contributed by atoms with Crippen molar-refractivity contribution < 1.29 is 12.4 Å². The minimum absolute atomic E-state index is 0. The number of carbonyl (C=O) groups excluding carboxylic acids is 1. The molecule has 8 nitrogen and oxygen atoms in total. The van der Waals surface area contributed by atoms with E-state index in [-0.39, 0.29) is 20.7 Å². The lowest BCUT2D eigenvalue weighted by Crippen LogP contribution is -2.22. The summed E-state index contributed by atoms with van der Waals surface area (Å²) in [5.74, 6) is 0.994.